The molecular weight excluding hydrogens is 394 g/mol. The molecule has 4 aliphatic rings. The molecule has 26 heavy (non-hydrogen) atoms. The molecule has 5 rings (SSSR count). The third-order valence-corrected chi connectivity index (χ3v) is 7.02. The first kappa shape index (κ1) is 16.5. The molecule has 0 spiro atoms. The van der Waals surface area contributed by atoms with Gasteiger partial charge >= 0.3 is 0 Å². The van der Waals surface area contributed by atoms with Gasteiger partial charge < -0.3 is 5.11 Å². The lowest BCUT2D eigenvalue weighted by Crippen LogP contribution is -2.65. The second-order valence-corrected chi connectivity index (χ2v) is 9.02. The number of aliphatic hydroxyl groups is 1. The average molecular weight is 414 g/mol. The van der Waals surface area contributed by atoms with Crippen LogP contribution in [0.5, 0.6) is 0 Å². The molecule has 1 heterocycles. The summed E-state index contributed by atoms with van der Waals surface area (Å²) in [5.74, 6) is -0.785. The Balaban J connectivity index is 1.58. The lowest BCUT2D eigenvalue weighted by Gasteiger charge is -2.57. The molecule has 134 valence electrons. The van der Waals surface area contributed by atoms with Crippen LogP contribution >= 0.6 is 15.9 Å². The highest BCUT2D eigenvalue weighted by atomic mass is 79.9. The lowest BCUT2D eigenvalue weighted by molar-refractivity contribution is -0.181. The van der Waals surface area contributed by atoms with Crippen molar-refractivity contribution in [2.75, 3.05) is 0 Å². The van der Waals surface area contributed by atoms with Gasteiger partial charge in [0, 0.05) is 17.3 Å². The van der Waals surface area contributed by atoms with Crippen LogP contribution in [-0.2, 0) is 15.1 Å². The fraction of sp³-hybridized carbons (Fsp3) is 0.429. The van der Waals surface area contributed by atoms with Crippen LogP contribution in [0.1, 0.15) is 31.2 Å². The topological polar surface area (TPSA) is 57.6 Å². The zero-order valence-electron chi connectivity index (χ0n) is 14.3. The monoisotopic (exact) mass is 413 g/mol. The van der Waals surface area contributed by atoms with Crippen LogP contribution in [0.3, 0.4) is 0 Å². The molecule has 0 aromatic heterocycles. The number of hydrogen-bond acceptors (Lipinski definition) is 3. The predicted octanol–water partition coefficient (Wildman–Crippen LogP) is 3.31. The van der Waals surface area contributed by atoms with E-state index < -0.39 is 23.0 Å². The van der Waals surface area contributed by atoms with Crippen molar-refractivity contribution in [2.24, 2.45) is 17.8 Å². The van der Waals surface area contributed by atoms with Crippen molar-refractivity contribution in [2.45, 2.75) is 36.8 Å². The standard InChI is InChI=1S/C21H20BrNO3/c22-15-9-7-13(8-10-15)20(11-21(26,12-20)14-5-6-14)23-18(24)16-3-1-2-4-17(16)19(23)25/h1-4,7-10,14,16-17,26H,5-6,11-12H2. The van der Waals surface area contributed by atoms with Crippen molar-refractivity contribution in [3.05, 3.63) is 58.6 Å². The molecule has 1 aromatic carbocycles. The molecular formula is C21H20BrNO3. The first-order chi connectivity index (χ1) is 12.4. The zero-order valence-corrected chi connectivity index (χ0v) is 15.9. The van der Waals surface area contributed by atoms with E-state index in [0.717, 1.165) is 22.9 Å². The first-order valence-electron chi connectivity index (χ1n) is 9.16. The molecule has 1 saturated heterocycles. The normalized spacial score (nSPS) is 38.5. The lowest BCUT2D eigenvalue weighted by atomic mass is 9.59. The Morgan fingerprint density at radius 3 is 2.00 bits per heavy atom. The van der Waals surface area contributed by atoms with E-state index in [4.69, 9.17) is 0 Å². The molecule has 0 radical (unpaired) electrons. The largest absolute Gasteiger partial charge is 0.389 e. The molecule has 4 nitrogen and oxygen atoms in total. The summed E-state index contributed by atoms with van der Waals surface area (Å²) in [7, 11) is 0. The number of benzene rings is 1. The molecule has 3 fully saturated rings. The van der Waals surface area contributed by atoms with Gasteiger partial charge in [0.1, 0.15) is 0 Å². The fourth-order valence-corrected chi connectivity index (χ4v) is 5.29. The van der Waals surface area contributed by atoms with E-state index in [-0.39, 0.29) is 11.8 Å². The van der Waals surface area contributed by atoms with Gasteiger partial charge in [0.15, 0.2) is 0 Å². The molecule has 1 aromatic rings. The Morgan fingerprint density at radius 1 is 0.962 bits per heavy atom. The number of imide groups is 1. The van der Waals surface area contributed by atoms with Gasteiger partial charge in [-0.3, -0.25) is 14.5 Å². The Kier molecular flexibility index (Phi) is 3.41. The maximum absolute atomic E-state index is 13.2. The van der Waals surface area contributed by atoms with Gasteiger partial charge in [0.05, 0.1) is 23.0 Å². The summed E-state index contributed by atoms with van der Waals surface area (Å²) in [6.45, 7) is 0. The molecule has 2 amide bonds. The minimum atomic E-state index is -0.757. The van der Waals surface area contributed by atoms with Gasteiger partial charge in [-0.25, -0.2) is 0 Å². The van der Waals surface area contributed by atoms with Crippen LogP contribution in [0.4, 0.5) is 0 Å². The molecule has 1 N–H and O–H groups in total. The Bertz CT molecular complexity index is 817. The summed E-state index contributed by atoms with van der Waals surface area (Å²) in [5, 5.41) is 11.0. The number of amides is 2. The maximum Gasteiger partial charge on any atom is 0.238 e. The molecule has 0 bridgehead atoms. The average Bonchev–Trinajstić information content (AvgIpc) is 3.42. The molecule has 2 unspecified atom stereocenters. The molecule has 1 aliphatic heterocycles. The van der Waals surface area contributed by atoms with Crippen LogP contribution in [0, 0.1) is 17.8 Å². The summed E-state index contributed by atoms with van der Waals surface area (Å²) in [6, 6.07) is 7.79. The SMILES string of the molecule is O=C1C2C=CC=CC2C(=O)N1C1(c2ccc(Br)cc2)CC(O)(C2CC2)C1. The van der Waals surface area contributed by atoms with Crippen molar-refractivity contribution in [1.29, 1.82) is 0 Å². The quantitative estimate of drug-likeness (QED) is 0.773. The third kappa shape index (κ3) is 2.16. The smallest absolute Gasteiger partial charge is 0.238 e. The van der Waals surface area contributed by atoms with Crippen LogP contribution in [0.15, 0.2) is 53.0 Å². The molecule has 5 heteroatoms. The zero-order chi connectivity index (χ0) is 18.1. The number of hydrogen-bond donors (Lipinski definition) is 1. The van der Waals surface area contributed by atoms with E-state index in [1.807, 2.05) is 48.6 Å². The summed E-state index contributed by atoms with van der Waals surface area (Å²) >= 11 is 3.45. The van der Waals surface area contributed by atoms with E-state index in [1.165, 1.54) is 4.90 Å². The van der Waals surface area contributed by atoms with Crippen molar-refractivity contribution in [3.63, 3.8) is 0 Å². The van der Waals surface area contributed by atoms with Crippen molar-refractivity contribution in [3.8, 4) is 0 Å². The second-order valence-electron chi connectivity index (χ2n) is 8.10. The van der Waals surface area contributed by atoms with Gasteiger partial charge in [-0.2, -0.15) is 0 Å². The fourth-order valence-electron chi connectivity index (χ4n) is 5.03. The molecule has 3 aliphatic carbocycles. The number of halogens is 1. The van der Waals surface area contributed by atoms with Gasteiger partial charge in [-0.05, 0) is 36.5 Å². The molecule has 2 saturated carbocycles. The van der Waals surface area contributed by atoms with Crippen LogP contribution < -0.4 is 0 Å². The van der Waals surface area contributed by atoms with E-state index in [9.17, 15) is 14.7 Å². The van der Waals surface area contributed by atoms with Crippen LogP contribution in [0.25, 0.3) is 0 Å². The van der Waals surface area contributed by atoms with Crippen molar-refractivity contribution < 1.29 is 14.7 Å². The summed E-state index contributed by atoms with van der Waals surface area (Å²) < 4.78 is 0.951. The van der Waals surface area contributed by atoms with Gasteiger partial charge in [0.25, 0.3) is 0 Å². The van der Waals surface area contributed by atoms with Gasteiger partial charge in [-0.15, -0.1) is 0 Å². The predicted molar refractivity (Wildman–Crippen MR) is 99.8 cm³/mol. The van der Waals surface area contributed by atoms with Crippen LogP contribution in [-0.4, -0.2) is 27.4 Å². The minimum absolute atomic E-state index is 0.138. The first-order valence-corrected chi connectivity index (χ1v) is 9.95. The van der Waals surface area contributed by atoms with Crippen LogP contribution in [0.2, 0.25) is 0 Å². The number of likely N-dealkylation sites (tertiary alicyclic amines) is 1. The number of rotatable bonds is 3. The highest BCUT2D eigenvalue weighted by Crippen LogP contribution is 2.62. The van der Waals surface area contributed by atoms with E-state index >= 15 is 0 Å². The minimum Gasteiger partial charge on any atom is -0.389 e. The van der Waals surface area contributed by atoms with E-state index in [1.54, 1.807) is 0 Å². The van der Waals surface area contributed by atoms with E-state index in [0.29, 0.717) is 18.8 Å². The highest BCUT2D eigenvalue weighted by molar-refractivity contribution is 9.10. The maximum atomic E-state index is 13.2. The summed E-state index contributed by atoms with van der Waals surface area (Å²) in [4.78, 5) is 27.8. The number of nitrogens with zero attached hydrogens (tertiary/aromatic N) is 1. The van der Waals surface area contributed by atoms with Gasteiger partial charge in [-0.1, -0.05) is 52.4 Å². The Hall–Kier alpha value is -1.72. The molecule has 2 atom stereocenters. The third-order valence-electron chi connectivity index (χ3n) is 6.49. The Labute approximate surface area is 160 Å². The van der Waals surface area contributed by atoms with Gasteiger partial charge in [0.2, 0.25) is 11.8 Å². The highest BCUT2D eigenvalue weighted by Gasteiger charge is 2.67. The van der Waals surface area contributed by atoms with E-state index in [2.05, 4.69) is 15.9 Å². The summed E-state index contributed by atoms with van der Waals surface area (Å²) in [5.41, 5.74) is -0.558. The van der Waals surface area contributed by atoms with Crippen molar-refractivity contribution in [1.82, 2.24) is 4.90 Å². The number of fused-ring (bicyclic) bond motifs is 1. The number of allylic oxidation sites excluding steroid dienone is 2. The summed E-state index contributed by atoms with van der Waals surface area (Å²) in [6.07, 6.45) is 10.3. The Morgan fingerprint density at radius 2 is 1.50 bits per heavy atom. The van der Waals surface area contributed by atoms with Crippen molar-refractivity contribution >= 4 is 27.7 Å². The number of carbonyl (C=O) groups excluding carboxylic acids is 2. The second kappa shape index (κ2) is 5.40. The number of carbonyl (C=O) groups is 2.